The SMILES string of the molecule is CC(C)CNCc1nc(-c2ccoc2)no1. The third-order valence-electron chi connectivity index (χ3n) is 2.08. The maximum Gasteiger partial charge on any atom is 0.240 e. The Morgan fingerprint density at radius 3 is 3.00 bits per heavy atom. The van der Waals surface area contributed by atoms with Crippen molar-refractivity contribution in [1.82, 2.24) is 15.5 Å². The highest BCUT2D eigenvalue weighted by Crippen LogP contribution is 2.15. The van der Waals surface area contributed by atoms with Gasteiger partial charge in [-0.2, -0.15) is 4.98 Å². The van der Waals surface area contributed by atoms with Crippen LogP contribution in [-0.2, 0) is 6.54 Å². The van der Waals surface area contributed by atoms with Crippen LogP contribution in [0.15, 0.2) is 27.5 Å². The second-order valence-corrected chi connectivity index (χ2v) is 4.05. The van der Waals surface area contributed by atoms with E-state index in [1.807, 2.05) is 0 Å². The normalized spacial score (nSPS) is 11.2. The first-order valence-electron chi connectivity index (χ1n) is 5.31. The maximum atomic E-state index is 5.10. The van der Waals surface area contributed by atoms with Gasteiger partial charge in [-0.05, 0) is 18.5 Å². The highest BCUT2D eigenvalue weighted by atomic mass is 16.5. The molecule has 0 fully saturated rings. The van der Waals surface area contributed by atoms with Gasteiger partial charge >= 0.3 is 0 Å². The Hall–Kier alpha value is -1.62. The van der Waals surface area contributed by atoms with Crippen LogP contribution < -0.4 is 5.32 Å². The van der Waals surface area contributed by atoms with Gasteiger partial charge in [0.1, 0.15) is 6.26 Å². The molecule has 0 unspecified atom stereocenters. The Kier molecular flexibility index (Phi) is 3.36. The second-order valence-electron chi connectivity index (χ2n) is 4.05. The third kappa shape index (κ3) is 2.70. The van der Waals surface area contributed by atoms with Crippen molar-refractivity contribution in [2.24, 2.45) is 5.92 Å². The molecule has 86 valence electrons. The summed E-state index contributed by atoms with van der Waals surface area (Å²) in [5, 5.41) is 7.11. The van der Waals surface area contributed by atoms with Crippen molar-refractivity contribution >= 4 is 0 Å². The Morgan fingerprint density at radius 2 is 2.31 bits per heavy atom. The van der Waals surface area contributed by atoms with E-state index in [2.05, 4.69) is 29.3 Å². The largest absolute Gasteiger partial charge is 0.472 e. The van der Waals surface area contributed by atoms with Crippen LogP contribution in [-0.4, -0.2) is 16.7 Å². The predicted octanol–water partition coefficient (Wildman–Crippen LogP) is 2.08. The van der Waals surface area contributed by atoms with Crippen LogP contribution in [0.2, 0.25) is 0 Å². The highest BCUT2D eigenvalue weighted by molar-refractivity contribution is 5.51. The van der Waals surface area contributed by atoms with Crippen molar-refractivity contribution < 1.29 is 8.94 Å². The van der Waals surface area contributed by atoms with E-state index >= 15 is 0 Å². The summed E-state index contributed by atoms with van der Waals surface area (Å²) < 4.78 is 10.1. The van der Waals surface area contributed by atoms with Gasteiger partial charge in [0.2, 0.25) is 11.7 Å². The fraction of sp³-hybridized carbons (Fsp3) is 0.455. The molecule has 1 N–H and O–H groups in total. The Balaban J connectivity index is 1.93. The van der Waals surface area contributed by atoms with Crippen LogP contribution >= 0.6 is 0 Å². The van der Waals surface area contributed by atoms with E-state index in [9.17, 15) is 0 Å². The smallest absolute Gasteiger partial charge is 0.240 e. The summed E-state index contributed by atoms with van der Waals surface area (Å²) in [5.74, 6) is 1.77. The zero-order chi connectivity index (χ0) is 11.4. The van der Waals surface area contributed by atoms with Crippen LogP contribution in [0.25, 0.3) is 11.4 Å². The van der Waals surface area contributed by atoms with Crippen LogP contribution in [0.5, 0.6) is 0 Å². The van der Waals surface area contributed by atoms with E-state index in [1.54, 1.807) is 18.6 Å². The summed E-state index contributed by atoms with van der Waals surface area (Å²) in [7, 11) is 0. The number of aromatic nitrogens is 2. The van der Waals surface area contributed by atoms with E-state index in [0.29, 0.717) is 24.2 Å². The fourth-order valence-electron chi connectivity index (χ4n) is 1.30. The first kappa shape index (κ1) is 10.9. The van der Waals surface area contributed by atoms with Crippen LogP contribution in [0.4, 0.5) is 0 Å². The van der Waals surface area contributed by atoms with E-state index in [4.69, 9.17) is 8.94 Å². The lowest BCUT2D eigenvalue weighted by atomic mass is 10.2. The van der Waals surface area contributed by atoms with Crippen molar-refractivity contribution in [2.75, 3.05) is 6.54 Å². The molecule has 5 heteroatoms. The molecule has 2 rings (SSSR count). The molecule has 5 nitrogen and oxygen atoms in total. The maximum absolute atomic E-state index is 5.10. The number of furan rings is 1. The molecule has 0 amide bonds. The van der Waals surface area contributed by atoms with Gasteiger partial charge in [0.25, 0.3) is 0 Å². The van der Waals surface area contributed by atoms with Gasteiger partial charge in [0.15, 0.2) is 0 Å². The lowest BCUT2D eigenvalue weighted by molar-refractivity contribution is 0.364. The summed E-state index contributed by atoms with van der Waals surface area (Å²) >= 11 is 0. The molecule has 0 radical (unpaired) electrons. The molecule has 0 aliphatic heterocycles. The highest BCUT2D eigenvalue weighted by Gasteiger charge is 2.08. The summed E-state index contributed by atoms with van der Waals surface area (Å²) in [6, 6.07) is 1.80. The van der Waals surface area contributed by atoms with Crippen molar-refractivity contribution in [1.29, 1.82) is 0 Å². The fourth-order valence-corrected chi connectivity index (χ4v) is 1.30. The Bertz CT molecular complexity index is 420. The lowest BCUT2D eigenvalue weighted by Crippen LogP contribution is -2.19. The Morgan fingerprint density at radius 1 is 1.44 bits per heavy atom. The van der Waals surface area contributed by atoms with Gasteiger partial charge in [0, 0.05) is 0 Å². The molecule has 0 aliphatic carbocycles. The van der Waals surface area contributed by atoms with Gasteiger partial charge in [-0.25, -0.2) is 0 Å². The third-order valence-corrected chi connectivity index (χ3v) is 2.08. The molecule has 0 saturated heterocycles. The molecule has 0 saturated carbocycles. The summed E-state index contributed by atoms with van der Waals surface area (Å²) in [6.07, 6.45) is 3.18. The van der Waals surface area contributed by atoms with Gasteiger partial charge in [0.05, 0.1) is 18.4 Å². The molecule has 2 aromatic heterocycles. The summed E-state index contributed by atoms with van der Waals surface area (Å²) in [6.45, 7) is 5.84. The van der Waals surface area contributed by atoms with Crippen molar-refractivity contribution in [3.63, 3.8) is 0 Å². The average Bonchev–Trinajstić information content (AvgIpc) is 2.85. The van der Waals surface area contributed by atoms with Crippen molar-refractivity contribution in [3.05, 3.63) is 24.5 Å². The predicted molar refractivity (Wildman–Crippen MR) is 58.5 cm³/mol. The van der Waals surface area contributed by atoms with E-state index in [-0.39, 0.29) is 0 Å². The average molecular weight is 221 g/mol. The van der Waals surface area contributed by atoms with E-state index < -0.39 is 0 Å². The zero-order valence-corrected chi connectivity index (χ0v) is 9.43. The summed E-state index contributed by atoms with van der Waals surface area (Å²) in [4.78, 5) is 4.25. The molecule has 0 aromatic carbocycles. The minimum absolute atomic E-state index is 0.565. The van der Waals surface area contributed by atoms with E-state index in [0.717, 1.165) is 12.1 Å². The topological polar surface area (TPSA) is 64.1 Å². The number of hydrogen-bond donors (Lipinski definition) is 1. The number of nitrogens with one attached hydrogen (secondary N) is 1. The minimum atomic E-state index is 0.565. The minimum Gasteiger partial charge on any atom is -0.472 e. The van der Waals surface area contributed by atoms with Crippen LogP contribution in [0, 0.1) is 5.92 Å². The molecule has 2 aromatic rings. The van der Waals surface area contributed by atoms with Crippen molar-refractivity contribution in [2.45, 2.75) is 20.4 Å². The Labute approximate surface area is 93.8 Å². The zero-order valence-electron chi connectivity index (χ0n) is 9.43. The van der Waals surface area contributed by atoms with Gasteiger partial charge < -0.3 is 14.3 Å². The molecule has 2 heterocycles. The number of nitrogens with zero attached hydrogens (tertiary/aromatic N) is 2. The quantitative estimate of drug-likeness (QED) is 0.837. The molecule has 0 spiro atoms. The van der Waals surface area contributed by atoms with E-state index in [1.165, 1.54) is 0 Å². The lowest BCUT2D eigenvalue weighted by Gasteiger charge is -2.03. The first-order chi connectivity index (χ1) is 7.75. The van der Waals surface area contributed by atoms with Gasteiger partial charge in [-0.3, -0.25) is 0 Å². The first-order valence-corrected chi connectivity index (χ1v) is 5.31. The van der Waals surface area contributed by atoms with Crippen molar-refractivity contribution in [3.8, 4) is 11.4 Å². The second kappa shape index (κ2) is 4.94. The molecule has 0 aliphatic rings. The molecular formula is C11H15N3O2. The standard InChI is InChI=1S/C11H15N3O2/c1-8(2)5-12-6-10-13-11(14-16-10)9-3-4-15-7-9/h3-4,7-8,12H,5-6H2,1-2H3. The van der Waals surface area contributed by atoms with Crippen LogP contribution in [0.3, 0.4) is 0 Å². The van der Waals surface area contributed by atoms with Gasteiger partial charge in [-0.15, -0.1) is 0 Å². The molecular weight excluding hydrogens is 206 g/mol. The number of rotatable bonds is 5. The monoisotopic (exact) mass is 221 g/mol. The summed E-state index contributed by atoms with van der Waals surface area (Å²) in [5.41, 5.74) is 0.832. The van der Waals surface area contributed by atoms with Crippen LogP contribution in [0.1, 0.15) is 19.7 Å². The van der Waals surface area contributed by atoms with Gasteiger partial charge in [-0.1, -0.05) is 19.0 Å². The molecule has 0 atom stereocenters. The number of hydrogen-bond acceptors (Lipinski definition) is 5. The molecule has 0 bridgehead atoms. The molecule has 16 heavy (non-hydrogen) atoms.